The van der Waals surface area contributed by atoms with Gasteiger partial charge in [0.15, 0.2) is 0 Å². The first-order valence-electron chi connectivity index (χ1n) is 8.09. The number of benzene rings is 1. The van der Waals surface area contributed by atoms with Gasteiger partial charge < -0.3 is 9.88 Å². The second-order valence-corrected chi connectivity index (χ2v) is 5.93. The molecule has 1 amide bonds. The molecule has 0 aliphatic carbocycles. The van der Waals surface area contributed by atoms with Gasteiger partial charge in [-0.1, -0.05) is 30.3 Å². The fraction of sp³-hybridized carbons (Fsp3) is 0.158. The Balaban J connectivity index is 1.60. The van der Waals surface area contributed by atoms with Gasteiger partial charge in [-0.15, -0.1) is 0 Å². The molecule has 4 rings (SSSR count). The van der Waals surface area contributed by atoms with Crippen LogP contribution in [0, 0.1) is 0 Å². The largest absolute Gasteiger partial charge is 0.331 e. The highest BCUT2D eigenvalue weighted by molar-refractivity contribution is 5.94. The number of carbonyl (C=O) groups excluding carboxylic acids is 1. The van der Waals surface area contributed by atoms with E-state index in [9.17, 15) is 9.59 Å². The average Bonchev–Trinajstić information content (AvgIpc) is 2.62. The zero-order chi connectivity index (χ0) is 17.2. The third-order valence-corrected chi connectivity index (χ3v) is 4.43. The van der Waals surface area contributed by atoms with Crippen molar-refractivity contribution >= 4 is 5.91 Å². The number of carbonyl (C=O) groups is 1. The lowest BCUT2D eigenvalue weighted by Crippen LogP contribution is -2.46. The Morgan fingerprint density at radius 3 is 2.60 bits per heavy atom. The Labute approximate surface area is 144 Å². The third-order valence-electron chi connectivity index (χ3n) is 4.43. The maximum absolute atomic E-state index is 12.7. The normalized spacial score (nSPS) is 16.3. The second-order valence-electron chi connectivity index (χ2n) is 5.93. The summed E-state index contributed by atoms with van der Waals surface area (Å²) < 4.78 is 0. The first-order chi connectivity index (χ1) is 12.2. The van der Waals surface area contributed by atoms with Gasteiger partial charge in [0, 0.05) is 30.7 Å². The summed E-state index contributed by atoms with van der Waals surface area (Å²) in [6.07, 6.45) is 5.51. The molecule has 1 fully saturated rings. The lowest BCUT2D eigenvalue weighted by Gasteiger charge is -2.41. The van der Waals surface area contributed by atoms with E-state index in [4.69, 9.17) is 0 Å². The molecular weight excluding hydrogens is 316 g/mol. The van der Waals surface area contributed by atoms with Gasteiger partial charge in [-0.2, -0.15) is 0 Å². The van der Waals surface area contributed by atoms with E-state index in [1.165, 1.54) is 6.20 Å². The molecular formula is C19H16N4O2. The Kier molecular flexibility index (Phi) is 3.85. The molecule has 3 heterocycles. The molecule has 1 aliphatic rings. The molecule has 0 saturated carbocycles. The number of nitrogens with one attached hydrogen (secondary N) is 1. The Morgan fingerprint density at radius 2 is 1.96 bits per heavy atom. The highest BCUT2D eigenvalue weighted by atomic mass is 16.2. The Morgan fingerprint density at radius 1 is 1.12 bits per heavy atom. The summed E-state index contributed by atoms with van der Waals surface area (Å²) in [5.41, 5.74) is 1.41. The first-order valence-corrected chi connectivity index (χ1v) is 8.09. The van der Waals surface area contributed by atoms with Gasteiger partial charge in [0.2, 0.25) is 0 Å². The van der Waals surface area contributed by atoms with Crippen LogP contribution in [0.5, 0.6) is 0 Å². The second kappa shape index (κ2) is 6.32. The number of H-pyrrole nitrogens is 1. The third kappa shape index (κ3) is 2.82. The fourth-order valence-electron chi connectivity index (χ4n) is 3.00. The van der Waals surface area contributed by atoms with Gasteiger partial charge in [0.05, 0.1) is 6.04 Å². The standard InChI is InChI=1S/C19H16N4O2/c24-18-15(12-21-17(22-18)14-7-4-9-20-11-14)19(25)23-10-8-16(23)13-5-2-1-3-6-13/h1-7,9,11-12,16H,8,10H2,(H,21,22,24). The van der Waals surface area contributed by atoms with Crippen molar-refractivity contribution in [2.24, 2.45) is 0 Å². The number of hydrogen-bond donors (Lipinski definition) is 1. The van der Waals surface area contributed by atoms with Crippen LogP contribution in [0.15, 0.2) is 65.8 Å². The van der Waals surface area contributed by atoms with E-state index in [2.05, 4.69) is 15.0 Å². The predicted molar refractivity (Wildman–Crippen MR) is 92.9 cm³/mol. The van der Waals surface area contributed by atoms with Crippen molar-refractivity contribution in [2.75, 3.05) is 6.54 Å². The number of nitrogens with zero attached hydrogens (tertiary/aromatic N) is 3. The molecule has 2 aromatic heterocycles. The number of pyridine rings is 1. The summed E-state index contributed by atoms with van der Waals surface area (Å²) in [5, 5.41) is 0. The molecule has 1 unspecified atom stereocenters. The van der Waals surface area contributed by atoms with Crippen LogP contribution in [0.1, 0.15) is 28.4 Å². The summed E-state index contributed by atoms with van der Waals surface area (Å²) in [6.45, 7) is 0.641. The number of aromatic nitrogens is 3. The molecule has 124 valence electrons. The minimum absolute atomic E-state index is 0.0195. The van der Waals surface area contributed by atoms with E-state index in [-0.39, 0.29) is 17.5 Å². The van der Waals surface area contributed by atoms with Crippen LogP contribution in [-0.4, -0.2) is 32.3 Å². The summed E-state index contributed by atoms with van der Waals surface area (Å²) in [6, 6.07) is 13.4. The lowest BCUT2D eigenvalue weighted by atomic mass is 9.94. The van der Waals surface area contributed by atoms with Crippen LogP contribution in [-0.2, 0) is 0 Å². The zero-order valence-corrected chi connectivity index (χ0v) is 13.4. The average molecular weight is 332 g/mol. The van der Waals surface area contributed by atoms with Gasteiger partial charge >= 0.3 is 0 Å². The molecule has 3 aromatic rings. The van der Waals surface area contributed by atoms with Crippen LogP contribution in [0.25, 0.3) is 11.4 Å². The predicted octanol–water partition coefficient (Wildman–Crippen LogP) is 2.42. The van der Waals surface area contributed by atoms with E-state index in [0.29, 0.717) is 17.9 Å². The zero-order valence-electron chi connectivity index (χ0n) is 13.4. The van der Waals surface area contributed by atoms with Crippen molar-refractivity contribution in [1.29, 1.82) is 0 Å². The van der Waals surface area contributed by atoms with Gasteiger partial charge in [0.1, 0.15) is 11.4 Å². The monoisotopic (exact) mass is 332 g/mol. The topological polar surface area (TPSA) is 79.0 Å². The molecule has 6 nitrogen and oxygen atoms in total. The van der Waals surface area contributed by atoms with Crippen molar-refractivity contribution in [3.63, 3.8) is 0 Å². The minimum atomic E-state index is -0.433. The van der Waals surface area contributed by atoms with Crippen LogP contribution in [0.2, 0.25) is 0 Å². The number of amides is 1. The SMILES string of the molecule is O=C(c1cnc(-c2cccnc2)[nH]c1=O)N1CCC1c1ccccc1. The number of aromatic amines is 1. The molecule has 6 heteroatoms. The summed E-state index contributed by atoms with van der Waals surface area (Å²) in [7, 11) is 0. The van der Waals surface area contributed by atoms with Crippen LogP contribution in [0.3, 0.4) is 0 Å². The summed E-state index contributed by atoms with van der Waals surface area (Å²) in [4.78, 5) is 37.7. The first kappa shape index (κ1) is 15.3. The van der Waals surface area contributed by atoms with E-state index in [1.54, 1.807) is 29.4 Å². The van der Waals surface area contributed by atoms with E-state index in [1.807, 2.05) is 30.3 Å². The number of hydrogen-bond acceptors (Lipinski definition) is 4. The van der Waals surface area contributed by atoms with Crippen molar-refractivity contribution < 1.29 is 4.79 Å². The molecule has 1 atom stereocenters. The highest BCUT2D eigenvalue weighted by Gasteiger charge is 2.34. The summed E-state index contributed by atoms with van der Waals surface area (Å²) in [5.74, 6) is 0.115. The molecule has 0 spiro atoms. The van der Waals surface area contributed by atoms with Crippen molar-refractivity contribution in [3.8, 4) is 11.4 Å². The van der Waals surface area contributed by atoms with E-state index < -0.39 is 5.56 Å². The number of likely N-dealkylation sites (tertiary alicyclic amines) is 1. The van der Waals surface area contributed by atoms with Crippen LogP contribution >= 0.6 is 0 Å². The maximum atomic E-state index is 12.7. The van der Waals surface area contributed by atoms with Crippen LogP contribution < -0.4 is 5.56 Å². The molecule has 25 heavy (non-hydrogen) atoms. The van der Waals surface area contributed by atoms with Crippen molar-refractivity contribution in [3.05, 3.63) is 82.5 Å². The van der Waals surface area contributed by atoms with E-state index >= 15 is 0 Å². The number of rotatable bonds is 3. The van der Waals surface area contributed by atoms with Gasteiger partial charge in [0.25, 0.3) is 11.5 Å². The Bertz CT molecular complexity index is 954. The van der Waals surface area contributed by atoms with Gasteiger partial charge in [-0.25, -0.2) is 4.98 Å². The maximum Gasteiger partial charge on any atom is 0.264 e. The molecule has 0 bridgehead atoms. The molecule has 1 saturated heterocycles. The molecule has 1 aromatic carbocycles. The molecule has 1 aliphatic heterocycles. The van der Waals surface area contributed by atoms with Gasteiger partial charge in [-0.3, -0.25) is 14.6 Å². The minimum Gasteiger partial charge on any atom is -0.331 e. The smallest absolute Gasteiger partial charge is 0.264 e. The van der Waals surface area contributed by atoms with E-state index in [0.717, 1.165) is 12.0 Å². The fourth-order valence-corrected chi connectivity index (χ4v) is 3.00. The lowest BCUT2D eigenvalue weighted by molar-refractivity contribution is 0.0458. The Hall–Kier alpha value is -3.28. The molecule has 1 N–H and O–H groups in total. The van der Waals surface area contributed by atoms with Crippen molar-refractivity contribution in [2.45, 2.75) is 12.5 Å². The molecule has 0 radical (unpaired) electrons. The van der Waals surface area contributed by atoms with Crippen LogP contribution in [0.4, 0.5) is 0 Å². The highest BCUT2D eigenvalue weighted by Crippen LogP contribution is 2.33. The van der Waals surface area contributed by atoms with Crippen molar-refractivity contribution in [1.82, 2.24) is 19.9 Å². The van der Waals surface area contributed by atoms with Gasteiger partial charge in [-0.05, 0) is 24.1 Å². The summed E-state index contributed by atoms with van der Waals surface area (Å²) >= 11 is 0. The quantitative estimate of drug-likeness (QED) is 0.799.